The summed E-state index contributed by atoms with van der Waals surface area (Å²) in [6.07, 6.45) is 4.15. The van der Waals surface area contributed by atoms with Crippen LogP contribution < -0.4 is 5.32 Å². The summed E-state index contributed by atoms with van der Waals surface area (Å²) >= 11 is 0. The van der Waals surface area contributed by atoms with Crippen LogP contribution in [0.3, 0.4) is 0 Å². The van der Waals surface area contributed by atoms with Gasteiger partial charge in [0.05, 0.1) is 0 Å². The Labute approximate surface area is 133 Å². The highest BCUT2D eigenvalue weighted by atomic mass is 16.6. The van der Waals surface area contributed by atoms with E-state index in [1.54, 1.807) is 0 Å². The number of likely N-dealkylation sites (tertiary alicyclic amines) is 1. The Balaban J connectivity index is 1.86. The molecule has 0 aromatic heterocycles. The lowest BCUT2D eigenvalue weighted by Gasteiger charge is -2.32. The molecule has 2 rings (SSSR count). The largest absolute Gasteiger partial charge is 0.445 e. The maximum atomic E-state index is 12.2. The number of rotatable bonds is 5. The van der Waals surface area contributed by atoms with Crippen molar-refractivity contribution >= 4 is 11.8 Å². The van der Waals surface area contributed by atoms with Crippen LogP contribution in [0.25, 0.3) is 0 Å². The molecule has 4 nitrogen and oxygen atoms in total. The molecule has 1 aliphatic rings. The minimum absolute atomic E-state index is 0.00920. The van der Waals surface area contributed by atoms with Gasteiger partial charge in [0.25, 0.3) is 0 Å². The van der Waals surface area contributed by atoms with Gasteiger partial charge in [-0.25, -0.2) is 4.79 Å². The number of ether oxygens (including phenoxy) is 1. The van der Waals surface area contributed by atoms with Crippen LogP contribution in [0.1, 0.15) is 43.7 Å². The smallest absolute Gasteiger partial charge is 0.411 e. The van der Waals surface area contributed by atoms with Crippen LogP contribution in [0.15, 0.2) is 18.2 Å². The molecule has 1 aliphatic heterocycles. The van der Waals surface area contributed by atoms with E-state index in [9.17, 15) is 4.79 Å². The number of carbonyl (C=O) groups excluding carboxylic acids is 1. The first kappa shape index (κ1) is 16.8. The van der Waals surface area contributed by atoms with Gasteiger partial charge in [0.15, 0.2) is 0 Å². The standard InChI is InChI=1S/C18H28N2O2/c1-4-5-11-20-12-7-10-16(13-20)22-18(21)19-17-14(2)8-6-9-15(17)3/h6,8-9,16H,4-5,7,10-13H2,1-3H3,(H,19,21). The van der Waals surface area contributed by atoms with Gasteiger partial charge in [-0.15, -0.1) is 0 Å². The zero-order valence-electron chi connectivity index (χ0n) is 14.0. The third-order valence-electron chi connectivity index (χ3n) is 4.27. The summed E-state index contributed by atoms with van der Waals surface area (Å²) in [6, 6.07) is 5.99. The first-order valence-electron chi connectivity index (χ1n) is 8.36. The highest BCUT2D eigenvalue weighted by Gasteiger charge is 2.23. The van der Waals surface area contributed by atoms with Gasteiger partial charge in [-0.3, -0.25) is 10.2 Å². The average Bonchev–Trinajstić information content (AvgIpc) is 2.49. The quantitative estimate of drug-likeness (QED) is 0.890. The lowest BCUT2D eigenvalue weighted by Crippen LogP contribution is -2.41. The summed E-state index contributed by atoms with van der Waals surface area (Å²) in [7, 11) is 0. The molecular formula is C18H28N2O2. The predicted octanol–water partition coefficient (Wildman–Crippen LogP) is 4.12. The van der Waals surface area contributed by atoms with Crippen LogP contribution in [0.2, 0.25) is 0 Å². The van der Waals surface area contributed by atoms with Crippen LogP contribution in [0, 0.1) is 13.8 Å². The third kappa shape index (κ3) is 4.73. The van der Waals surface area contributed by atoms with Gasteiger partial charge in [-0.2, -0.15) is 0 Å². The Kier molecular flexibility index (Phi) is 6.25. The van der Waals surface area contributed by atoms with E-state index < -0.39 is 0 Å². The van der Waals surface area contributed by atoms with Crippen molar-refractivity contribution in [2.24, 2.45) is 0 Å². The molecule has 1 saturated heterocycles. The Morgan fingerprint density at radius 1 is 1.36 bits per heavy atom. The molecule has 1 unspecified atom stereocenters. The molecule has 1 aromatic rings. The van der Waals surface area contributed by atoms with Crippen LogP contribution >= 0.6 is 0 Å². The fourth-order valence-electron chi connectivity index (χ4n) is 2.99. The highest BCUT2D eigenvalue weighted by Crippen LogP contribution is 2.20. The van der Waals surface area contributed by atoms with Gasteiger partial charge in [0.1, 0.15) is 6.10 Å². The van der Waals surface area contributed by atoms with Crippen molar-refractivity contribution in [2.75, 3.05) is 25.0 Å². The van der Waals surface area contributed by atoms with Crippen LogP contribution in [-0.2, 0) is 4.74 Å². The molecule has 0 spiro atoms. The molecule has 1 heterocycles. The second-order valence-electron chi connectivity index (χ2n) is 6.22. The SMILES string of the molecule is CCCCN1CCCC(OC(=O)Nc2c(C)cccc2C)C1. The molecule has 0 radical (unpaired) electrons. The van der Waals surface area contributed by atoms with Crippen molar-refractivity contribution in [1.29, 1.82) is 0 Å². The number of aryl methyl sites for hydroxylation is 2. The molecule has 122 valence electrons. The number of benzene rings is 1. The monoisotopic (exact) mass is 304 g/mol. The Morgan fingerprint density at radius 2 is 2.09 bits per heavy atom. The molecule has 1 fully saturated rings. The van der Waals surface area contributed by atoms with Gasteiger partial charge in [-0.1, -0.05) is 31.5 Å². The van der Waals surface area contributed by atoms with Gasteiger partial charge >= 0.3 is 6.09 Å². The fourth-order valence-corrected chi connectivity index (χ4v) is 2.99. The summed E-state index contributed by atoms with van der Waals surface area (Å²) in [4.78, 5) is 14.6. The number of para-hydroxylation sites is 1. The Morgan fingerprint density at radius 3 is 2.77 bits per heavy atom. The van der Waals surface area contributed by atoms with Gasteiger partial charge in [-0.05, 0) is 57.3 Å². The van der Waals surface area contributed by atoms with Gasteiger partial charge in [0.2, 0.25) is 0 Å². The number of nitrogens with zero attached hydrogens (tertiary/aromatic N) is 1. The average molecular weight is 304 g/mol. The molecule has 0 saturated carbocycles. The summed E-state index contributed by atoms with van der Waals surface area (Å²) < 4.78 is 5.62. The minimum Gasteiger partial charge on any atom is -0.445 e. The van der Waals surface area contributed by atoms with E-state index >= 15 is 0 Å². The molecule has 4 heteroatoms. The molecule has 1 atom stereocenters. The lowest BCUT2D eigenvalue weighted by atomic mass is 10.1. The number of anilines is 1. The van der Waals surface area contributed by atoms with E-state index in [2.05, 4.69) is 17.1 Å². The maximum Gasteiger partial charge on any atom is 0.411 e. The van der Waals surface area contributed by atoms with E-state index in [0.29, 0.717) is 0 Å². The van der Waals surface area contributed by atoms with Crippen molar-refractivity contribution in [3.8, 4) is 0 Å². The van der Waals surface area contributed by atoms with Gasteiger partial charge in [0, 0.05) is 12.2 Å². The van der Waals surface area contributed by atoms with Crippen LogP contribution in [0.4, 0.5) is 10.5 Å². The zero-order chi connectivity index (χ0) is 15.9. The van der Waals surface area contributed by atoms with Crippen molar-refractivity contribution in [1.82, 2.24) is 4.90 Å². The summed E-state index contributed by atoms with van der Waals surface area (Å²) in [6.45, 7) is 9.29. The van der Waals surface area contributed by atoms with Crippen LogP contribution in [0.5, 0.6) is 0 Å². The van der Waals surface area contributed by atoms with Crippen molar-refractivity contribution in [2.45, 2.75) is 52.6 Å². The molecule has 0 aliphatic carbocycles. The lowest BCUT2D eigenvalue weighted by molar-refractivity contribution is 0.0495. The first-order chi connectivity index (χ1) is 10.6. The number of hydrogen-bond donors (Lipinski definition) is 1. The zero-order valence-corrected chi connectivity index (χ0v) is 14.0. The third-order valence-corrected chi connectivity index (χ3v) is 4.27. The molecule has 1 N–H and O–H groups in total. The van der Waals surface area contributed by atoms with E-state index in [0.717, 1.165) is 49.3 Å². The summed E-state index contributed by atoms with van der Waals surface area (Å²) in [5.74, 6) is 0. The number of unbranched alkanes of at least 4 members (excludes halogenated alkanes) is 1. The number of piperidine rings is 1. The van der Waals surface area contributed by atoms with Crippen molar-refractivity contribution < 1.29 is 9.53 Å². The molecule has 1 aromatic carbocycles. The Bertz CT molecular complexity index is 482. The molecule has 1 amide bonds. The summed E-state index contributed by atoms with van der Waals surface area (Å²) in [5, 5.41) is 2.90. The Hall–Kier alpha value is -1.55. The van der Waals surface area contributed by atoms with E-state index in [4.69, 9.17) is 4.74 Å². The van der Waals surface area contributed by atoms with Gasteiger partial charge < -0.3 is 4.74 Å². The normalized spacial score (nSPS) is 19.0. The summed E-state index contributed by atoms with van der Waals surface area (Å²) in [5.41, 5.74) is 2.99. The molecule has 0 bridgehead atoms. The fraction of sp³-hybridized carbons (Fsp3) is 0.611. The molecular weight excluding hydrogens is 276 g/mol. The topological polar surface area (TPSA) is 41.6 Å². The van der Waals surface area contributed by atoms with Crippen molar-refractivity contribution in [3.63, 3.8) is 0 Å². The van der Waals surface area contributed by atoms with Crippen LogP contribution in [-0.4, -0.2) is 36.7 Å². The highest BCUT2D eigenvalue weighted by molar-refractivity contribution is 5.86. The minimum atomic E-state index is -0.334. The van der Waals surface area contributed by atoms with E-state index in [-0.39, 0.29) is 12.2 Å². The van der Waals surface area contributed by atoms with E-state index in [1.807, 2.05) is 32.0 Å². The predicted molar refractivity (Wildman–Crippen MR) is 90.4 cm³/mol. The number of hydrogen-bond acceptors (Lipinski definition) is 3. The number of carbonyl (C=O) groups is 1. The first-order valence-corrected chi connectivity index (χ1v) is 8.36. The number of nitrogens with one attached hydrogen (secondary N) is 1. The number of amides is 1. The second-order valence-corrected chi connectivity index (χ2v) is 6.22. The molecule has 22 heavy (non-hydrogen) atoms. The van der Waals surface area contributed by atoms with Crippen molar-refractivity contribution in [3.05, 3.63) is 29.3 Å². The maximum absolute atomic E-state index is 12.2. The van der Waals surface area contributed by atoms with E-state index in [1.165, 1.54) is 12.8 Å². The second kappa shape index (κ2) is 8.18.